The van der Waals surface area contributed by atoms with Crippen molar-refractivity contribution >= 4 is 34.9 Å². The summed E-state index contributed by atoms with van der Waals surface area (Å²) < 4.78 is 5.10. The van der Waals surface area contributed by atoms with Gasteiger partial charge in [0.1, 0.15) is 11.6 Å². The summed E-state index contributed by atoms with van der Waals surface area (Å²) in [4.78, 5) is 14.4. The van der Waals surface area contributed by atoms with Crippen molar-refractivity contribution in [1.82, 2.24) is 15.3 Å². The Morgan fingerprint density at radius 3 is 2.72 bits per heavy atom. The molecule has 8 heteroatoms. The molecular weight excluding hydrogens is 420 g/mol. The molecule has 2 aromatic rings. The summed E-state index contributed by atoms with van der Waals surface area (Å²) in [7, 11) is 1.71. The molecule has 0 amide bonds. The second-order valence-corrected chi connectivity index (χ2v) is 9.18. The van der Waals surface area contributed by atoms with E-state index in [4.69, 9.17) is 26.9 Å². The third-order valence-electron chi connectivity index (χ3n) is 6.17. The molecule has 2 aliphatic rings. The smallest absolute Gasteiger partial charge is 0.232 e. The number of hydrogen-bond donors (Lipinski definition) is 2. The number of fused-ring (bicyclic) bond motifs is 1. The molecule has 0 saturated carbocycles. The Bertz CT molecular complexity index is 923. The maximum absolute atomic E-state index is 5.49. The number of anilines is 3. The summed E-state index contributed by atoms with van der Waals surface area (Å²) in [5.41, 5.74) is 2.80. The van der Waals surface area contributed by atoms with Gasteiger partial charge >= 0.3 is 0 Å². The molecule has 1 aromatic heterocycles. The van der Waals surface area contributed by atoms with Gasteiger partial charge in [0.15, 0.2) is 5.11 Å². The zero-order chi connectivity index (χ0) is 22.3. The van der Waals surface area contributed by atoms with Crippen LogP contribution in [0.2, 0.25) is 0 Å². The van der Waals surface area contributed by atoms with Gasteiger partial charge in [-0.15, -0.1) is 0 Å². The van der Waals surface area contributed by atoms with Gasteiger partial charge in [-0.1, -0.05) is 31.2 Å². The highest BCUT2D eigenvalue weighted by molar-refractivity contribution is 7.80. The number of methoxy groups -OCH3 is 1. The van der Waals surface area contributed by atoms with Crippen LogP contribution < -0.4 is 20.4 Å². The Kier molecular flexibility index (Phi) is 7.76. The molecule has 0 aliphatic carbocycles. The van der Waals surface area contributed by atoms with Crippen molar-refractivity contribution in [2.75, 3.05) is 55.0 Å². The standard InChI is InChI=1S/C24H34N6OS/c1-18-7-5-12-29(16-18)21-15-22(30-13-10-19-8-3-4-9-20(19)17-30)27-23(26-21)28-24(32)25-11-6-14-31-2/h3-4,8-9,15,18H,5-7,10-14,16-17H2,1-2H3,(H2,25,26,27,28,32)/t18-/m0/s1. The highest BCUT2D eigenvalue weighted by atomic mass is 32.1. The number of piperidine rings is 1. The zero-order valence-electron chi connectivity index (χ0n) is 19.1. The minimum Gasteiger partial charge on any atom is -0.385 e. The van der Waals surface area contributed by atoms with Crippen LogP contribution in [-0.4, -0.2) is 55.0 Å². The van der Waals surface area contributed by atoms with Crippen LogP contribution in [0.1, 0.15) is 37.3 Å². The summed E-state index contributed by atoms with van der Waals surface area (Å²) in [6, 6.07) is 10.8. The van der Waals surface area contributed by atoms with E-state index in [0.29, 0.717) is 23.6 Å². The third kappa shape index (κ3) is 5.86. The minimum absolute atomic E-state index is 0.542. The van der Waals surface area contributed by atoms with E-state index in [1.165, 1.54) is 24.0 Å². The molecule has 1 fully saturated rings. The molecule has 2 N–H and O–H groups in total. The van der Waals surface area contributed by atoms with Crippen molar-refractivity contribution in [2.24, 2.45) is 5.92 Å². The number of rotatable bonds is 7. The number of nitrogens with one attached hydrogen (secondary N) is 2. The van der Waals surface area contributed by atoms with Crippen molar-refractivity contribution in [3.05, 3.63) is 41.5 Å². The number of ether oxygens (including phenoxy) is 1. The normalized spacial score (nSPS) is 18.2. The molecule has 0 unspecified atom stereocenters. The first-order valence-corrected chi connectivity index (χ1v) is 12.0. The fraction of sp³-hybridized carbons (Fsp3) is 0.542. The van der Waals surface area contributed by atoms with E-state index in [0.717, 1.165) is 57.2 Å². The molecular formula is C24H34N6OS. The molecule has 7 nitrogen and oxygen atoms in total. The average Bonchev–Trinajstić information content (AvgIpc) is 2.81. The molecule has 1 aromatic carbocycles. The fourth-order valence-electron chi connectivity index (χ4n) is 4.45. The molecule has 32 heavy (non-hydrogen) atoms. The van der Waals surface area contributed by atoms with Crippen LogP contribution in [0.5, 0.6) is 0 Å². The number of nitrogens with zero attached hydrogens (tertiary/aromatic N) is 4. The molecule has 172 valence electrons. The quantitative estimate of drug-likeness (QED) is 0.486. The lowest BCUT2D eigenvalue weighted by Crippen LogP contribution is -2.36. The van der Waals surface area contributed by atoms with Crippen LogP contribution in [0.4, 0.5) is 17.6 Å². The van der Waals surface area contributed by atoms with Gasteiger partial charge in [0.05, 0.1) is 0 Å². The summed E-state index contributed by atoms with van der Waals surface area (Å²) in [5, 5.41) is 6.97. The Balaban J connectivity index is 1.54. The first-order valence-electron chi connectivity index (χ1n) is 11.6. The van der Waals surface area contributed by atoms with Crippen LogP contribution in [0.25, 0.3) is 0 Å². The largest absolute Gasteiger partial charge is 0.385 e. The van der Waals surface area contributed by atoms with E-state index in [1.54, 1.807) is 7.11 Å². The van der Waals surface area contributed by atoms with Gasteiger partial charge < -0.3 is 25.2 Å². The van der Waals surface area contributed by atoms with Gasteiger partial charge in [-0.25, -0.2) is 0 Å². The lowest BCUT2D eigenvalue weighted by atomic mass is 10.00. The second-order valence-electron chi connectivity index (χ2n) is 8.77. The van der Waals surface area contributed by atoms with Gasteiger partial charge in [0.2, 0.25) is 5.95 Å². The van der Waals surface area contributed by atoms with Gasteiger partial charge in [-0.3, -0.25) is 0 Å². The summed E-state index contributed by atoms with van der Waals surface area (Å²) in [5.74, 6) is 3.15. The van der Waals surface area contributed by atoms with E-state index < -0.39 is 0 Å². The lowest BCUT2D eigenvalue weighted by Gasteiger charge is -2.34. The van der Waals surface area contributed by atoms with Gasteiger partial charge in [0.25, 0.3) is 0 Å². The van der Waals surface area contributed by atoms with Gasteiger partial charge in [-0.05, 0) is 54.9 Å². The molecule has 2 aliphatic heterocycles. The Hall–Kier alpha value is -2.45. The van der Waals surface area contributed by atoms with Crippen LogP contribution in [0.15, 0.2) is 30.3 Å². The van der Waals surface area contributed by atoms with Crippen LogP contribution in [-0.2, 0) is 17.7 Å². The molecule has 0 bridgehead atoms. The van der Waals surface area contributed by atoms with Crippen LogP contribution in [0, 0.1) is 5.92 Å². The van der Waals surface area contributed by atoms with Crippen LogP contribution in [0.3, 0.4) is 0 Å². The van der Waals surface area contributed by atoms with E-state index in [9.17, 15) is 0 Å². The van der Waals surface area contributed by atoms with Gasteiger partial charge in [0, 0.05) is 52.5 Å². The number of hydrogen-bond acceptors (Lipinski definition) is 6. The molecule has 0 radical (unpaired) electrons. The first kappa shape index (κ1) is 22.7. The molecule has 1 atom stereocenters. The average molecular weight is 455 g/mol. The third-order valence-corrected chi connectivity index (χ3v) is 6.42. The number of aromatic nitrogens is 2. The Morgan fingerprint density at radius 2 is 1.94 bits per heavy atom. The molecule has 1 saturated heterocycles. The topological polar surface area (TPSA) is 65.6 Å². The lowest BCUT2D eigenvalue weighted by molar-refractivity contribution is 0.196. The number of thiocarbonyl (C=S) groups is 1. The predicted octanol–water partition coefficient (Wildman–Crippen LogP) is 3.60. The predicted molar refractivity (Wildman–Crippen MR) is 135 cm³/mol. The number of benzene rings is 1. The molecule has 0 spiro atoms. The SMILES string of the molecule is COCCCNC(=S)Nc1nc(N2CCc3ccccc3C2)cc(N2CCC[C@H](C)C2)n1. The molecule has 4 rings (SSSR count). The highest BCUT2D eigenvalue weighted by Crippen LogP contribution is 2.29. The second kappa shape index (κ2) is 10.9. The van der Waals surface area contributed by atoms with Crippen molar-refractivity contribution in [2.45, 2.75) is 39.2 Å². The van der Waals surface area contributed by atoms with E-state index in [2.05, 4.69) is 57.7 Å². The molecule has 3 heterocycles. The zero-order valence-corrected chi connectivity index (χ0v) is 20.0. The van der Waals surface area contributed by atoms with E-state index in [-0.39, 0.29) is 0 Å². The van der Waals surface area contributed by atoms with Crippen molar-refractivity contribution < 1.29 is 4.74 Å². The highest BCUT2D eigenvalue weighted by Gasteiger charge is 2.22. The summed E-state index contributed by atoms with van der Waals surface area (Å²) in [6.45, 7) is 7.63. The Labute approximate surface area is 196 Å². The fourth-order valence-corrected chi connectivity index (χ4v) is 4.65. The monoisotopic (exact) mass is 454 g/mol. The summed E-state index contributed by atoms with van der Waals surface area (Å²) in [6.07, 6.45) is 4.39. The summed E-state index contributed by atoms with van der Waals surface area (Å²) >= 11 is 5.49. The minimum atomic E-state index is 0.542. The van der Waals surface area contributed by atoms with E-state index >= 15 is 0 Å². The van der Waals surface area contributed by atoms with E-state index in [1.807, 2.05) is 0 Å². The van der Waals surface area contributed by atoms with Crippen molar-refractivity contribution in [1.29, 1.82) is 0 Å². The van der Waals surface area contributed by atoms with Crippen molar-refractivity contribution in [3.63, 3.8) is 0 Å². The maximum atomic E-state index is 5.49. The van der Waals surface area contributed by atoms with Crippen molar-refractivity contribution in [3.8, 4) is 0 Å². The Morgan fingerprint density at radius 1 is 1.16 bits per heavy atom. The first-order chi connectivity index (χ1) is 15.6. The van der Waals surface area contributed by atoms with Gasteiger partial charge in [-0.2, -0.15) is 9.97 Å². The van der Waals surface area contributed by atoms with Crippen LogP contribution >= 0.6 is 12.2 Å². The maximum Gasteiger partial charge on any atom is 0.232 e.